The van der Waals surface area contributed by atoms with Crippen LogP contribution in [0.15, 0.2) is 0 Å². The number of phosphoric acid groups is 2. The second-order valence-corrected chi connectivity index (χ2v) is 34.2. The molecule has 0 aromatic rings. The van der Waals surface area contributed by atoms with Gasteiger partial charge in [0.15, 0.2) is 12.2 Å². The van der Waals surface area contributed by atoms with Crippen molar-refractivity contribution in [2.45, 2.75) is 471 Å². The van der Waals surface area contributed by atoms with Crippen LogP contribution in [-0.4, -0.2) is 96.7 Å². The van der Waals surface area contributed by atoms with E-state index in [-0.39, 0.29) is 25.7 Å². The van der Waals surface area contributed by atoms with Gasteiger partial charge in [0, 0.05) is 25.7 Å². The summed E-state index contributed by atoms with van der Waals surface area (Å²) in [6.45, 7) is 9.68. The Labute approximate surface area is 638 Å². The Balaban J connectivity index is 5.10. The topological polar surface area (TPSA) is 237 Å². The average Bonchev–Trinajstić information content (AvgIpc) is 0.907. The molecule has 0 aromatic heterocycles. The van der Waals surface area contributed by atoms with E-state index in [1.165, 1.54) is 263 Å². The van der Waals surface area contributed by atoms with E-state index in [4.69, 9.17) is 37.0 Å². The number of hydrogen-bond donors (Lipinski definition) is 3. The number of aliphatic hydroxyl groups is 1. The van der Waals surface area contributed by atoms with Crippen LogP contribution in [0.1, 0.15) is 452 Å². The van der Waals surface area contributed by atoms with Crippen LogP contribution in [0, 0.1) is 11.8 Å². The average molecular weight is 1520 g/mol. The summed E-state index contributed by atoms with van der Waals surface area (Å²) in [6, 6.07) is 0. The fourth-order valence-corrected chi connectivity index (χ4v) is 14.8. The second kappa shape index (κ2) is 76.4. The fraction of sp³-hybridized carbons (Fsp3) is 0.953. The van der Waals surface area contributed by atoms with Gasteiger partial charge in [-0.3, -0.25) is 37.3 Å². The van der Waals surface area contributed by atoms with E-state index in [0.29, 0.717) is 25.7 Å². The molecule has 19 heteroatoms. The molecule has 0 radical (unpaired) electrons. The molecule has 0 bridgehead atoms. The molecule has 0 aliphatic heterocycles. The largest absolute Gasteiger partial charge is 0.472 e. The van der Waals surface area contributed by atoms with Gasteiger partial charge in [-0.15, -0.1) is 0 Å². The van der Waals surface area contributed by atoms with Crippen molar-refractivity contribution in [3.05, 3.63) is 0 Å². The number of ether oxygens (including phenoxy) is 4. The highest BCUT2D eigenvalue weighted by Crippen LogP contribution is 2.45. The van der Waals surface area contributed by atoms with Crippen molar-refractivity contribution in [1.29, 1.82) is 0 Å². The van der Waals surface area contributed by atoms with E-state index in [1.54, 1.807) is 0 Å². The summed E-state index contributed by atoms with van der Waals surface area (Å²) in [5.41, 5.74) is 0. The number of carbonyl (C=O) groups excluding carboxylic acids is 4. The van der Waals surface area contributed by atoms with Crippen molar-refractivity contribution in [3.63, 3.8) is 0 Å². The minimum atomic E-state index is -4.96. The van der Waals surface area contributed by atoms with E-state index in [2.05, 4.69) is 41.5 Å². The molecule has 0 fully saturated rings. The van der Waals surface area contributed by atoms with Crippen molar-refractivity contribution in [3.8, 4) is 0 Å². The van der Waals surface area contributed by atoms with Gasteiger partial charge in [0.05, 0.1) is 26.4 Å². The smallest absolute Gasteiger partial charge is 0.462 e. The number of esters is 4. The number of carbonyl (C=O) groups is 4. The third-order valence-corrected chi connectivity index (χ3v) is 22.2. The third-order valence-electron chi connectivity index (χ3n) is 20.3. The third kappa shape index (κ3) is 76.8. The zero-order chi connectivity index (χ0) is 76.4. The highest BCUT2D eigenvalue weighted by Gasteiger charge is 2.30. The molecule has 0 saturated heterocycles. The van der Waals surface area contributed by atoms with Crippen LogP contribution in [0.25, 0.3) is 0 Å². The molecular formula is C85H166O17P2. The molecule has 0 amide bonds. The molecule has 618 valence electrons. The lowest BCUT2D eigenvalue weighted by Gasteiger charge is -2.21. The Hall–Kier alpha value is -1.94. The zero-order valence-corrected chi connectivity index (χ0v) is 70.1. The van der Waals surface area contributed by atoms with Crippen LogP contribution in [-0.2, 0) is 65.4 Å². The summed E-state index contributed by atoms with van der Waals surface area (Å²) in [5, 5.41) is 10.6. The van der Waals surface area contributed by atoms with Crippen LogP contribution in [0.2, 0.25) is 0 Å². The van der Waals surface area contributed by atoms with Crippen molar-refractivity contribution in [2.24, 2.45) is 11.8 Å². The van der Waals surface area contributed by atoms with Gasteiger partial charge in [0.25, 0.3) is 0 Å². The van der Waals surface area contributed by atoms with Gasteiger partial charge in [0.1, 0.15) is 19.3 Å². The lowest BCUT2D eigenvalue weighted by Crippen LogP contribution is -2.30. The van der Waals surface area contributed by atoms with E-state index in [9.17, 15) is 43.2 Å². The van der Waals surface area contributed by atoms with Crippen molar-refractivity contribution >= 4 is 39.5 Å². The summed E-state index contributed by atoms with van der Waals surface area (Å²) < 4.78 is 68.6. The highest BCUT2D eigenvalue weighted by molar-refractivity contribution is 7.47. The first kappa shape index (κ1) is 102. The molecule has 0 aromatic carbocycles. The van der Waals surface area contributed by atoms with Crippen LogP contribution in [0.3, 0.4) is 0 Å². The number of unbranched alkanes of at least 4 members (excludes halogenated alkanes) is 53. The summed E-state index contributed by atoms with van der Waals surface area (Å²) in [7, 11) is -9.91. The van der Waals surface area contributed by atoms with Crippen LogP contribution < -0.4 is 0 Å². The first-order valence-electron chi connectivity index (χ1n) is 44.0. The molecule has 0 aliphatic rings. The first-order chi connectivity index (χ1) is 50.4. The predicted octanol–water partition coefficient (Wildman–Crippen LogP) is 25.8. The Morgan fingerprint density at radius 1 is 0.279 bits per heavy atom. The zero-order valence-electron chi connectivity index (χ0n) is 68.3. The van der Waals surface area contributed by atoms with Gasteiger partial charge in [-0.05, 0) is 37.5 Å². The van der Waals surface area contributed by atoms with E-state index >= 15 is 0 Å². The van der Waals surface area contributed by atoms with Crippen LogP contribution in [0.5, 0.6) is 0 Å². The maximum Gasteiger partial charge on any atom is 0.472 e. The standard InChI is InChI=1S/C85H166O17P2/c1-7-10-12-14-15-16-17-18-19-30-36-41-46-51-57-63-69-84(89)101-80(73-95-82(87)67-61-53-13-11-8-2)75-99-103(91,92)97-71-79(86)72-98-104(93,94)100-76-81(74-96-83(88)68-62-56-50-45-40-35-31-26-22-20-24-28-33-38-43-48-54-59-65-77(4)5)102-85(90)70-64-58-52-47-42-37-32-27-23-21-25-29-34-39-44-49-55-60-66-78(6)9-3/h77-81,86H,7-76H2,1-6H3,(H,91,92)(H,93,94)/t78?,79-,80+,81+/m0/s1. The first-order valence-corrected chi connectivity index (χ1v) is 47.0. The Morgan fingerprint density at radius 2 is 0.490 bits per heavy atom. The maximum atomic E-state index is 13.1. The van der Waals surface area contributed by atoms with Gasteiger partial charge < -0.3 is 33.8 Å². The molecule has 3 N–H and O–H groups in total. The Morgan fingerprint density at radius 3 is 0.731 bits per heavy atom. The van der Waals surface area contributed by atoms with E-state index < -0.39 is 97.5 Å². The summed E-state index contributed by atoms with van der Waals surface area (Å²) in [5.74, 6) is -0.421. The Kier molecular flexibility index (Phi) is 75.0. The summed E-state index contributed by atoms with van der Waals surface area (Å²) in [6.07, 6.45) is 68.5. The fourth-order valence-electron chi connectivity index (χ4n) is 13.2. The van der Waals surface area contributed by atoms with Crippen molar-refractivity contribution in [1.82, 2.24) is 0 Å². The minimum absolute atomic E-state index is 0.108. The van der Waals surface area contributed by atoms with Crippen LogP contribution >= 0.6 is 15.6 Å². The maximum absolute atomic E-state index is 13.1. The van der Waals surface area contributed by atoms with Gasteiger partial charge in [-0.25, -0.2) is 9.13 Å². The summed E-state index contributed by atoms with van der Waals surface area (Å²) >= 11 is 0. The van der Waals surface area contributed by atoms with E-state index in [0.717, 1.165) is 108 Å². The lowest BCUT2D eigenvalue weighted by molar-refractivity contribution is -0.161. The monoisotopic (exact) mass is 1520 g/mol. The summed E-state index contributed by atoms with van der Waals surface area (Å²) in [4.78, 5) is 72.8. The lowest BCUT2D eigenvalue weighted by atomic mass is 9.99. The molecule has 17 nitrogen and oxygen atoms in total. The number of hydrogen-bond acceptors (Lipinski definition) is 15. The Bertz CT molecular complexity index is 2000. The number of phosphoric ester groups is 2. The quantitative estimate of drug-likeness (QED) is 0.0222. The molecule has 6 atom stereocenters. The van der Waals surface area contributed by atoms with Crippen molar-refractivity contribution in [2.75, 3.05) is 39.6 Å². The molecule has 0 spiro atoms. The van der Waals surface area contributed by atoms with Gasteiger partial charge in [0.2, 0.25) is 0 Å². The molecule has 0 saturated carbocycles. The minimum Gasteiger partial charge on any atom is -0.462 e. The van der Waals surface area contributed by atoms with Gasteiger partial charge >= 0.3 is 39.5 Å². The molecule has 0 rings (SSSR count). The normalized spacial score (nSPS) is 14.1. The number of aliphatic hydroxyl groups excluding tert-OH is 1. The highest BCUT2D eigenvalue weighted by atomic mass is 31.2. The molecule has 3 unspecified atom stereocenters. The van der Waals surface area contributed by atoms with E-state index in [1.807, 2.05) is 0 Å². The predicted molar refractivity (Wildman–Crippen MR) is 428 cm³/mol. The van der Waals surface area contributed by atoms with Gasteiger partial charge in [-0.2, -0.15) is 0 Å². The van der Waals surface area contributed by atoms with Gasteiger partial charge in [-0.1, -0.05) is 401 Å². The second-order valence-electron chi connectivity index (χ2n) is 31.3. The number of rotatable bonds is 84. The SMILES string of the molecule is CCCCCCCCCCCCCCCCCCC(=O)O[C@H](COC(=O)CCCCCCC)COP(=O)(O)OC[C@H](O)COP(=O)(O)OC[C@@H](COC(=O)CCCCCCCCCCCCCCCCCCCCC(C)C)OC(=O)CCCCCCCCCCCCCCCCCCCCC(C)CC. The van der Waals surface area contributed by atoms with Crippen molar-refractivity contribution < 1.29 is 80.2 Å². The van der Waals surface area contributed by atoms with Crippen LogP contribution in [0.4, 0.5) is 0 Å². The molecule has 104 heavy (non-hydrogen) atoms. The molecule has 0 aliphatic carbocycles. The molecular weight excluding hydrogens is 1350 g/mol. The molecule has 0 heterocycles.